The molecule has 0 radical (unpaired) electrons. The number of ether oxygens (including phenoxy) is 1. The van der Waals surface area contributed by atoms with E-state index in [1.54, 1.807) is 0 Å². The van der Waals surface area contributed by atoms with E-state index in [0.29, 0.717) is 23.8 Å². The fourth-order valence-electron chi connectivity index (χ4n) is 2.06. The van der Waals surface area contributed by atoms with E-state index >= 15 is 0 Å². The monoisotopic (exact) mass is 347 g/mol. The average molecular weight is 347 g/mol. The van der Waals surface area contributed by atoms with E-state index < -0.39 is 5.82 Å². The van der Waals surface area contributed by atoms with Crippen molar-refractivity contribution in [1.29, 1.82) is 0 Å². The van der Waals surface area contributed by atoms with Crippen molar-refractivity contribution in [3.63, 3.8) is 0 Å². The van der Waals surface area contributed by atoms with Crippen LogP contribution in [-0.4, -0.2) is 23.2 Å². The highest BCUT2D eigenvalue weighted by atomic mass is 32.1. The van der Waals surface area contributed by atoms with E-state index in [1.165, 1.54) is 36.6 Å². The van der Waals surface area contributed by atoms with Gasteiger partial charge in [0.2, 0.25) is 17.6 Å². The number of methoxy groups -OCH3 is 1. The summed E-state index contributed by atoms with van der Waals surface area (Å²) in [5.41, 5.74) is 0.411. The molecule has 6 nitrogen and oxygen atoms in total. The van der Waals surface area contributed by atoms with Crippen molar-refractivity contribution < 1.29 is 18.4 Å². The molecule has 8 heteroatoms. The summed E-state index contributed by atoms with van der Waals surface area (Å²) in [5, 5.41) is 8.49. The van der Waals surface area contributed by atoms with Crippen LogP contribution in [0.5, 0.6) is 5.75 Å². The van der Waals surface area contributed by atoms with Crippen LogP contribution in [0, 0.1) is 5.82 Å². The molecule has 0 saturated carbocycles. The third-order valence-electron chi connectivity index (χ3n) is 3.21. The molecule has 0 spiro atoms. The molecule has 0 fully saturated rings. The van der Waals surface area contributed by atoms with Gasteiger partial charge in [-0.25, -0.2) is 4.39 Å². The molecule has 0 unspecified atom stereocenters. The van der Waals surface area contributed by atoms with Gasteiger partial charge in [-0.1, -0.05) is 11.2 Å². The molecule has 0 bridgehead atoms. The van der Waals surface area contributed by atoms with Gasteiger partial charge in [-0.05, 0) is 23.6 Å². The van der Waals surface area contributed by atoms with Crippen LogP contribution in [0.3, 0.4) is 0 Å². The highest BCUT2D eigenvalue weighted by Gasteiger charge is 2.13. The maximum Gasteiger partial charge on any atom is 0.227 e. The molecule has 0 atom stereocenters. The van der Waals surface area contributed by atoms with E-state index in [0.717, 1.165) is 4.88 Å². The minimum Gasteiger partial charge on any atom is -0.494 e. The lowest BCUT2D eigenvalue weighted by molar-refractivity contribution is -0.116. The van der Waals surface area contributed by atoms with Crippen LogP contribution in [-0.2, 0) is 11.2 Å². The zero-order valence-corrected chi connectivity index (χ0v) is 13.6. The Labute approximate surface area is 141 Å². The van der Waals surface area contributed by atoms with E-state index in [-0.39, 0.29) is 18.1 Å². The SMILES string of the molecule is COc1cc(F)ccc1NC(=O)CCc1nc(-c2cccs2)no1. The fourth-order valence-corrected chi connectivity index (χ4v) is 2.71. The van der Waals surface area contributed by atoms with Crippen molar-refractivity contribution in [3.05, 3.63) is 47.4 Å². The van der Waals surface area contributed by atoms with Crippen molar-refractivity contribution in [1.82, 2.24) is 10.1 Å². The summed E-state index contributed by atoms with van der Waals surface area (Å²) in [7, 11) is 1.41. The standard InChI is InChI=1S/C16H14FN3O3S/c1-22-12-9-10(17)4-5-11(12)18-14(21)6-7-15-19-16(20-23-15)13-3-2-8-24-13/h2-5,8-9H,6-7H2,1H3,(H,18,21). The summed E-state index contributed by atoms with van der Waals surface area (Å²) in [6, 6.07) is 7.71. The molecule has 1 amide bonds. The van der Waals surface area contributed by atoms with Gasteiger partial charge < -0.3 is 14.6 Å². The number of nitrogens with zero attached hydrogens (tertiary/aromatic N) is 2. The zero-order valence-electron chi connectivity index (χ0n) is 12.8. The van der Waals surface area contributed by atoms with Gasteiger partial charge in [-0.2, -0.15) is 4.98 Å². The number of anilines is 1. The van der Waals surface area contributed by atoms with Crippen molar-refractivity contribution >= 4 is 22.9 Å². The largest absolute Gasteiger partial charge is 0.494 e. The molecular weight excluding hydrogens is 333 g/mol. The summed E-state index contributed by atoms with van der Waals surface area (Å²) in [6.07, 6.45) is 0.473. The molecule has 0 saturated heterocycles. The first-order valence-electron chi connectivity index (χ1n) is 7.15. The summed E-state index contributed by atoms with van der Waals surface area (Å²) in [5.74, 6) is 0.481. The first kappa shape index (κ1) is 16.1. The van der Waals surface area contributed by atoms with E-state index in [4.69, 9.17) is 9.26 Å². The van der Waals surface area contributed by atoms with Gasteiger partial charge in [0.1, 0.15) is 11.6 Å². The maximum absolute atomic E-state index is 13.1. The van der Waals surface area contributed by atoms with Gasteiger partial charge in [-0.15, -0.1) is 11.3 Å². The van der Waals surface area contributed by atoms with E-state index in [1.807, 2.05) is 17.5 Å². The van der Waals surface area contributed by atoms with Crippen molar-refractivity contribution in [3.8, 4) is 16.5 Å². The summed E-state index contributed by atoms with van der Waals surface area (Å²) >= 11 is 1.51. The Kier molecular flexibility index (Phi) is 4.85. The number of nitrogens with one attached hydrogen (secondary N) is 1. The number of hydrogen-bond donors (Lipinski definition) is 1. The van der Waals surface area contributed by atoms with Crippen LogP contribution < -0.4 is 10.1 Å². The van der Waals surface area contributed by atoms with Crippen molar-refractivity contribution in [2.45, 2.75) is 12.8 Å². The number of carbonyl (C=O) groups is 1. The molecule has 1 aromatic carbocycles. The lowest BCUT2D eigenvalue weighted by Crippen LogP contribution is -2.13. The number of carbonyl (C=O) groups excluding carboxylic acids is 1. The zero-order chi connectivity index (χ0) is 16.9. The predicted octanol–water partition coefficient (Wildman–Crippen LogP) is 3.52. The Hall–Kier alpha value is -2.74. The van der Waals surface area contributed by atoms with Crippen LogP contribution in [0.25, 0.3) is 10.7 Å². The fraction of sp³-hybridized carbons (Fsp3) is 0.188. The van der Waals surface area contributed by atoms with Crippen LogP contribution in [0.2, 0.25) is 0 Å². The van der Waals surface area contributed by atoms with E-state index in [9.17, 15) is 9.18 Å². The van der Waals surface area contributed by atoms with Crippen LogP contribution >= 0.6 is 11.3 Å². The van der Waals surface area contributed by atoms with Gasteiger partial charge in [0.05, 0.1) is 17.7 Å². The molecular formula is C16H14FN3O3S. The molecule has 0 aliphatic carbocycles. The topological polar surface area (TPSA) is 77.2 Å². The number of aryl methyl sites for hydroxylation is 1. The van der Waals surface area contributed by atoms with E-state index in [2.05, 4.69) is 15.5 Å². The Morgan fingerprint density at radius 3 is 3.04 bits per heavy atom. The average Bonchev–Trinajstić information content (AvgIpc) is 3.25. The normalized spacial score (nSPS) is 10.6. The Morgan fingerprint density at radius 2 is 2.29 bits per heavy atom. The highest BCUT2D eigenvalue weighted by Crippen LogP contribution is 2.25. The number of halogens is 1. The maximum atomic E-state index is 13.1. The number of benzene rings is 1. The number of thiophene rings is 1. The Bertz CT molecular complexity index is 833. The van der Waals surface area contributed by atoms with Gasteiger partial charge in [0.25, 0.3) is 0 Å². The molecule has 1 N–H and O–H groups in total. The Balaban J connectivity index is 1.58. The van der Waals surface area contributed by atoms with Gasteiger partial charge in [-0.3, -0.25) is 4.79 Å². The summed E-state index contributed by atoms with van der Waals surface area (Å²) < 4.78 is 23.3. The van der Waals surface area contributed by atoms with Crippen LogP contribution in [0.1, 0.15) is 12.3 Å². The predicted molar refractivity (Wildman–Crippen MR) is 87.5 cm³/mol. The van der Waals surface area contributed by atoms with Crippen molar-refractivity contribution in [2.75, 3.05) is 12.4 Å². The minimum absolute atomic E-state index is 0.159. The number of rotatable bonds is 6. The highest BCUT2D eigenvalue weighted by molar-refractivity contribution is 7.13. The Morgan fingerprint density at radius 1 is 1.42 bits per heavy atom. The molecule has 124 valence electrons. The third kappa shape index (κ3) is 3.77. The van der Waals surface area contributed by atoms with Gasteiger partial charge in [0.15, 0.2) is 0 Å². The second kappa shape index (κ2) is 7.22. The number of amides is 1. The van der Waals surface area contributed by atoms with Crippen LogP contribution in [0.15, 0.2) is 40.2 Å². The van der Waals surface area contributed by atoms with Gasteiger partial charge >= 0.3 is 0 Å². The first-order valence-corrected chi connectivity index (χ1v) is 8.03. The molecule has 2 heterocycles. The smallest absolute Gasteiger partial charge is 0.227 e. The minimum atomic E-state index is -0.434. The number of aromatic nitrogens is 2. The van der Waals surface area contributed by atoms with Gasteiger partial charge in [0, 0.05) is 18.9 Å². The summed E-state index contributed by atoms with van der Waals surface area (Å²) in [4.78, 5) is 17.2. The first-order chi connectivity index (χ1) is 11.7. The second-order valence-corrected chi connectivity index (χ2v) is 5.83. The van der Waals surface area contributed by atoms with Crippen molar-refractivity contribution in [2.24, 2.45) is 0 Å². The lowest BCUT2D eigenvalue weighted by atomic mass is 10.2. The quantitative estimate of drug-likeness (QED) is 0.738. The molecule has 24 heavy (non-hydrogen) atoms. The molecule has 0 aliphatic rings. The molecule has 3 aromatic rings. The second-order valence-electron chi connectivity index (χ2n) is 4.88. The number of hydrogen-bond acceptors (Lipinski definition) is 6. The molecule has 2 aromatic heterocycles. The molecule has 3 rings (SSSR count). The lowest BCUT2D eigenvalue weighted by Gasteiger charge is -2.09. The molecule has 0 aliphatic heterocycles. The third-order valence-corrected chi connectivity index (χ3v) is 4.08. The van der Waals surface area contributed by atoms with Crippen LogP contribution in [0.4, 0.5) is 10.1 Å². The summed E-state index contributed by atoms with van der Waals surface area (Å²) in [6.45, 7) is 0.